The van der Waals surface area contributed by atoms with Crippen LogP contribution in [0.5, 0.6) is 0 Å². The fourth-order valence-corrected chi connectivity index (χ4v) is 2.79. The Balaban J connectivity index is 1.94. The highest BCUT2D eigenvalue weighted by Gasteiger charge is 2.23. The first-order valence-corrected chi connectivity index (χ1v) is 7.14. The van der Waals surface area contributed by atoms with Gasteiger partial charge in [0, 0.05) is 19.7 Å². The highest BCUT2D eigenvalue weighted by atomic mass is 16.3. The van der Waals surface area contributed by atoms with Gasteiger partial charge in [-0.2, -0.15) is 0 Å². The molecule has 1 aliphatic rings. The molecule has 1 aromatic rings. The Morgan fingerprint density at radius 3 is 2.95 bits per heavy atom. The molecule has 1 amide bonds. The molecule has 3 heteroatoms. The number of piperidine rings is 1. The summed E-state index contributed by atoms with van der Waals surface area (Å²) < 4.78 is 0. The van der Waals surface area contributed by atoms with Gasteiger partial charge in [-0.15, -0.1) is 0 Å². The largest absolute Gasteiger partial charge is 0.396 e. The zero-order valence-electron chi connectivity index (χ0n) is 11.6. The van der Waals surface area contributed by atoms with Gasteiger partial charge in [-0.3, -0.25) is 4.79 Å². The first-order chi connectivity index (χ1) is 9.20. The van der Waals surface area contributed by atoms with E-state index in [-0.39, 0.29) is 12.5 Å². The van der Waals surface area contributed by atoms with Crippen molar-refractivity contribution >= 4 is 5.91 Å². The van der Waals surface area contributed by atoms with Crippen molar-refractivity contribution in [2.24, 2.45) is 5.92 Å². The molecule has 1 saturated heterocycles. The van der Waals surface area contributed by atoms with E-state index in [2.05, 4.69) is 0 Å². The SMILES string of the molecule is Cc1ccccc1CC(=O)N1CCCC(CCO)C1. The van der Waals surface area contributed by atoms with Crippen LogP contribution in [-0.4, -0.2) is 35.6 Å². The third-order valence-corrected chi connectivity index (χ3v) is 4.01. The van der Waals surface area contributed by atoms with Crippen molar-refractivity contribution in [2.45, 2.75) is 32.6 Å². The molecule has 1 unspecified atom stereocenters. The van der Waals surface area contributed by atoms with Gasteiger partial charge in [0.15, 0.2) is 0 Å². The summed E-state index contributed by atoms with van der Waals surface area (Å²) in [6, 6.07) is 8.07. The van der Waals surface area contributed by atoms with Crippen molar-refractivity contribution in [1.29, 1.82) is 0 Å². The van der Waals surface area contributed by atoms with Gasteiger partial charge in [-0.25, -0.2) is 0 Å². The standard InChI is InChI=1S/C16H23NO2/c1-13-5-2-3-7-15(13)11-16(19)17-9-4-6-14(12-17)8-10-18/h2-3,5,7,14,18H,4,6,8-12H2,1H3. The molecule has 0 bridgehead atoms. The fraction of sp³-hybridized carbons (Fsp3) is 0.562. The first-order valence-electron chi connectivity index (χ1n) is 7.14. The molecule has 1 aliphatic heterocycles. The van der Waals surface area contributed by atoms with E-state index in [1.165, 1.54) is 5.56 Å². The van der Waals surface area contributed by atoms with Gasteiger partial charge in [-0.05, 0) is 43.2 Å². The van der Waals surface area contributed by atoms with Crippen LogP contribution < -0.4 is 0 Å². The van der Waals surface area contributed by atoms with E-state index in [1.807, 2.05) is 36.1 Å². The average molecular weight is 261 g/mol. The number of nitrogens with zero attached hydrogens (tertiary/aromatic N) is 1. The van der Waals surface area contributed by atoms with Crippen LogP contribution in [0.15, 0.2) is 24.3 Å². The Hall–Kier alpha value is -1.35. The van der Waals surface area contributed by atoms with Crippen LogP contribution in [0.1, 0.15) is 30.4 Å². The lowest BCUT2D eigenvalue weighted by molar-refractivity contribution is -0.132. The zero-order valence-corrected chi connectivity index (χ0v) is 11.6. The summed E-state index contributed by atoms with van der Waals surface area (Å²) in [4.78, 5) is 14.3. The second-order valence-corrected chi connectivity index (χ2v) is 5.46. The number of likely N-dealkylation sites (tertiary alicyclic amines) is 1. The van der Waals surface area contributed by atoms with Gasteiger partial charge in [0.05, 0.1) is 6.42 Å². The summed E-state index contributed by atoms with van der Waals surface area (Å²) in [7, 11) is 0. The maximum Gasteiger partial charge on any atom is 0.227 e. The van der Waals surface area contributed by atoms with E-state index >= 15 is 0 Å². The third kappa shape index (κ3) is 3.80. The number of amides is 1. The lowest BCUT2D eigenvalue weighted by atomic mass is 9.94. The number of aryl methyl sites for hydroxylation is 1. The number of hydrogen-bond donors (Lipinski definition) is 1. The fourth-order valence-electron chi connectivity index (χ4n) is 2.79. The summed E-state index contributed by atoms with van der Waals surface area (Å²) in [6.45, 7) is 3.95. The number of carbonyl (C=O) groups excluding carboxylic acids is 1. The number of rotatable bonds is 4. The quantitative estimate of drug-likeness (QED) is 0.902. The molecule has 1 fully saturated rings. The van der Waals surface area contributed by atoms with Gasteiger partial charge in [-0.1, -0.05) is 24.3 Å². The van der Waals surface area contributed by atoms with E-state index in [9.17, 15) is 4.79 Å². The van der Waals surface area contributed by atoms with Crippen LogP contribution >= 0.6 is 0 Å². The van der Waals surface area contributed by atoms with Crippen LogP contribution in [0.25, 0.3) is 0 Å². The van der Waals surface area contributed by atoms with Crippen LogP contribution in [0.3, 0.4) is 0 Å². The van der Waals surface area contributed by atoms with Gasteiger partial charge in [0.1, 0.15) is 0 Å². The summed E-state index contributed by atoms with van der Waals surface area (Å²) in [5.74, 6) is 0.691. The van der Waals surface area contributed by atoms with Crippen LogP contribution in [0, 0.1) is 12.8 Å². The van der Waals surface area contributed by atoms with E-state index < -0.39 is 0 Å². The first kappa shape index (κ1) is 14.1. The van der Waals surface area contributed by atoms with Crippen molar-refractivity contribution in [3.05, 3.63) is 35.4 Å². The number of aliphatic hydroxyl groups is 1. The summed E-state index contributed by atoms with van der Waals surface area (Å²) in [6.07, 6.45) is 3.51. The van der Waals surface area contributed by atoms with E-state index in [0.29, 0.717) is 12.3 Å². The maximum atomic E-state index is 12.3. The van der Waals surface area contributed by atoms with Gasteiger partial charge >= 0.3 is 0 Å². The molecule has 104 valence electrons. The molecule has 1 N–H and O–H groups in total. The van der Waals surface area contributed by atoms with Gasteiger partial charge < -0.3 is 10.0 Å². The number of benzene rings is 1. The van der Waals surface area contributed by atoms with Crippen molar-refractivity contribution in [3.63, 3.8) is 0 Å². The van der Waals surface area contributed by atoms with E-state index in [4.69, 9.17) is 5.11 Å². The molecule has 2 rings (SSSR count). The highest BCUT2D eigenvalue weighted by molar-refractivity contribution is 5.79. The van der Waals surface area contributed by atoms with Crippen molar-refractivity contribution in [3.8, 4) is 0 Å². The third-order valence-electron chi connectivity index (χ3n) is 4.01. The zero-order chi connectivity index (χ0) is 13.7. The van der Waals surface area contributed by atoms with Crippen LogP contribution in [0.4, 0.5) is 0 Å². The molecule has 3 nitrogen and oxygen atoms in total. The maximum absolute atomic E-state index is 12.3. The van der Waals surface area contributed by atoms with E-state index in [1.54, 1.807) is 0 Å². The molecule has 19 heavy (non-hydrogen) atoms. The van der Waals surface area contributed by atoms with Crippen molar-refractivity contribution in [2.75, 3.05) is 19.7 Å². The number of carbonyl (C=O) groups is 1. The molecule has 0 saturated carbocycles. The van der Waals surface area contributed by atoms with Gasteiger partial charge in [0.2, 0.25) is 5.91 Å². The summed E-state index contributed by atoms with van der Waals surface area (Å²) >= 11 is 0. The molecule has 0 aliphatic carbocycles. The molecule has 1 heterocycles. The monoisotopic (exact) mass is 261 g/mol. The predicted octanol–water partition coefficient (Wildman–Crippen LogP) is 2.16. The smallest absolute Gasteiger partial charge is 0.227 e. The van der Waals surface area contributed by atoms with Crippen molar-refractivity contribution in [1.82, 2.24) is 4.90 Å². The Bertz CT molecular complexity index is 429. The second kappa shape index (κ2) is 6.71. The van der Waals surface area contributed by atoms with Gasteiger partial charge in [0.25, 0.3) is 0 Å². The normalized spacial score (nSPS) is 19.5. The Labute approximate surface area is 115 Å². The lowest BCUT2D eigenvalue weighted by Crippen LogP contribution is -2.41. The molecule has 0 spiro atoms. The molecule has 0 aromatic heterocycles. The Morgan fingerprint density at radius 1 is 1.42 bits per heavy atom. The van der Waals surface area contributed by atoms with Crippen molar-refractivity contribution < 1.29 is 9.90 Å². The molecular weight excluding hydrogens is 238 g/mol. The van der Waals surface area contributed by atoms with Crippen LogP contribution in [-0.2, 0) is 11.2 Å². The topological polar surface area (TPSA) is 40.5 Å². The Morgan fingerprint density at radius 2 is 2.21 bits per heavy atom. The molecule has 1 atom stereocenters. The number of aliphatic hydroxyl groups excluding tert-OH is 1. The summed E-state index contributed by atoms with van der Waals surface area (Å²) in [5.41, 5.74) is 2.30. The predicted molar refractivity (Wildman–Crippen MR) is 75.9 cm³/mol. The molecule has 0 radical (unpaired) electrons. The second-order valence-electron chi connectivity index (χ2n) is 5.46. The van der Waals surface area contributed by atoms with E-state index in [0.717, 1.165) is 37.9 Å². The summed E-state index contributed by atoms with van der Waals surface area (Å²) in [5, 5.41) is 9.01. The highest BCUT2D eigenvalue weighted by Crippen LogP contribution is 2.20. The Kier molecular flexibility index (Phi) is 4.97. The minimum absolute atomic E-state index is 0.219. The molecular formula is C16H23NO2. The average Bonchev–Trinajstić information content (AvgIpc) is 2.42. The minimum Gasteiger partial charge on any atom is -0.396 e. The minimum atomic E-state index is 0.219. The number of hydrogen-bond acceptors (Lipinski definition) is 2. The molecule has 1 aromatic carbocycles. The van der Waals surface area contributed by atoms with Crippen LogP contribution in [0.2, 0.25) is 0 Å². The lowest BCUT2D eigenvalue weighted by Gasteiger charge is -2.32.